The fourth-order valence-electron chi connectivity index (χ4n) is 4.22. The highest BCUT2D eigenvalue weighted by atomic mass is 16.5. The monoisotopic (exact) mass is 452 g/mol. The number of carbonyl (C=O) groups is 2. The largest absolute Gasteiger partial charge is 0.376 e. The molecule has 1 aromatic carbocycles. The van der Waals surface area contributed by atoms with Gasteiger partial charge in [0.1, 0.15) is 6.54 Å². The fraction of sp³-hybridized carbons (Fsp3) is 0.500. The predicted molar refractivity (Wildman–Crippen MR) is 126 cm³/mol. The highest BCUT2D eigenvalue weighted by Crippen LogP contribution is 2.19. The highest BCUT2D eigenvalue weighted by Gasteiger charge is 2.28. The molecule has 1 atom stereocenters. The van der Waals surface area contributed by atoms with E-state index < -0.39 is 0 Å². The van der Waals surface area contributed by atoms with Crippen molar-refractivity contribution in [3.63, 3.8) is 0 Å². The molecule has 0 aliphatic carbocycles. The van der Waals surface area contributed by atoms with Crippen molar-refractivity contribution in [1.29, 1.82) is 0 Å². The number of urea groups is 1. The number of ether oxygens (including phenoxy) is 1. The Bertz CT molecular complexity index is 910. The molecule has 0 radical (unpaired) electrons. The van der Waals surface area contributed by atoms with Crippen LogP contribution in [-0.4, -0.2) is 90.5 Å². The van der Waals surface area contributed by atoms with Crippen molar-refractivity contribution in [2.45, 2.75) is 25.9 Å². The standard InChI is InChI=1S/C24H32N6O3/c1-2-25-24(32)30(17-20-9-6-16-33-20)18-23(31)29-14-12-28(13-15-29)22-11-10-21(26-27-22)19-7-4-3-5-8-19/h3-5,7-8,10-11,20H,2,6,9,12-18H2,1H3,(H,25,32). The summed E-state index contributed by atoms with van der Waals surface area (Å²) in [7, 11) is 0. The van der Waals surface area contributed by atoms with Crippen molar-refractivity contribution in [1.82, 2.24) is 25.3 Å². The topological polar surface area (TPSA) is 90.9 Å². The van der Waals surface area contributed by atoms with Gasteiger partial charge in [-0.2, -0.15) is 0 Å². The molecule has 2 saturated heterocycles. The van der Waals surface area contributed by atoms with E-state index in [0.717, 1.165) is 36.5 Å². The Morgan fingerprint density at radius 3 is 2.52 bits per heavy atom. The zero-order valence-corrected chi connectivity index (χ0v) is 19.2. The minimum Gasteiger partial charge on any atom is -0.376 e. The molecular weight excluding hydrogens is 420 g/mol. The van der Waals surface area contributed by atoms with Crippen LogP contribution in [0.3, 0.4) is 0 Å². The Balaban J connectivity index is 1.30. The van der Waals surface area contributed by atoms with Gasteiger partial charge >= 0.3 is 6.03 Å². The van der Waals surface area contributed by atoms with E-state index in [4.69, 9.17) is 4.74 Å². The second-order valence-corrected chi connectivity index (χ2v) is 8.36. The Kier molecular flexibility index (Phi) is 7.72. The molecule has 4 rings (SSSR count). The van der Waals surface area contributed by atoms with E-state index in [0.29, 0.717) is 39.3 Å². The van der Waals surface area contributed by atoms with Gasteiger partial charge in [0.2, 0.25) is 5.91 Å². The molecule has 0 spiro atoms. The first kappa shape index (κ1) is 23.0. The van der Waals surface area contributed by atoms with Crippen molar-refractivity contribution >= 4 is 17.8 Å². The summed E-state index contributed by atoms with van der Waals surface area (Å²) in [6, 6.07) is 13.7. The van der Waals surface area contributed by atoms with E-state index in [2.05, 4.69) is 20.4 Å². The summed E-state index contributed by atoms with van der Waals surface area (Å²) in [4.78, 5) is 31.0. The molecule has 176 valence electrons. The zero-order valence-electron chi connectivity index (χ0n) is 19.2. The van der Waals surface area contributed by atoms with Crippen molar-refractivity contribution in [2.75, 3.05) is 57.3 Å². The van der Waals surface area contributed by atoms with Gasteiger partial charge in [0.05, 0.1) is 11.8 Å². The minimum absolute atomic E-state index is 0.00897. The molecule has 9 heteroatoms. The molecule has 0 bridgehead atoms. The van der Waals surface area contributed by atoms with Gasteiger partial charge in [-0.1, -0.05) is 30.3 Å². The van der Waals surface area contributed by atoms with E-state index in [9.17, 15) is 9.59 Å². The number of nitrogens with zero attached hydrogens (tertiary/aromatic N) is 5. The lowest BCUT2D eigenvalue weighted by Crippen LogP contribution is -2.54. The third-order valence-electron chi connectivity index (χ3n) is 6.07. The number of amides is 3. The van der Waals surface area contributed by atoms with Crippen LogP contribution in [0.15, 0.2) is 42.5 Å². The summed E-state index contributed by atoms with van der Waals surface area (Å²) in [5.41, 5.74) is 1.87. The average Bonchev–Trinajstić information content (AvgIpc) is 3.38. The molecule has 3 amide bonds. The quantitative estimate of drug-likeness (QED) is 0.691. The first-order chi connectivity index (χ1) is 16.1. The molecule has 0 saturated carbocycles. The maximum absolute atomic E-state index is 13.0. The van der Waals surface area contributed by atoms with E-state index in [1.807, 2.05) is 54.3 Å². The molecule has 2 aliphatic rings. The smallest absolute Gasteiger partial charge is 0.317 e. The Hall–Kier alpha value is -3.20. The number of piperazine rings is 1. The second kappa shape index (κ2) is 11.1. The van der Waals surface area contributed by atoms with Gasteiger partial charge in [0, 0.05) is 51.4 Å². The van der Waals surface area contributed by atoms with Crippen LogP contribution < -0.4 is 10.2 Å². The van der Waals surface area contributed by atoms with Crippen LogP contribution in [0.4, 0.5) is 10.6 Å². The Labute approximate surface area is 194 Å². The van der Waals surface area contributed by atoms with Crippen LogP contribution in [0, 0.1) is 0 Å². The van der Waals surface area contributed by atoms with Gasteiger partial charge in [0.15, 0.2) is 5.82 Å². The fourth-order valence-corrected chi connectivity index (χ4v) is 4.22. The maximum atomic E-state index is 13.0. The van der Waals surface area contributed by atoms with Gasteiger partial charge in [0.25, 0.3) is 0 Å². The summed E-state index contributed by atoms with van der Waals surface area (Å²) in [5, 5.41) is 11.6. The van der Waals surface area contributed by atoms with Crippen molar-refractivity contribution in [2.24, 2.45) is 0 Å². The molecular formula is C24H32N6O3. The lowest BCUT2D eigenvalue weighted by Gasteiger charge is -2.36. The first-order valence-corrected chi connectivity index (χ1v) is 11.7. The van der Waals surface area contributed by atoms with Crippen LogP contribution >= 0.6 is 0 Å². The zero-order chi connectivity index (χ0) is 23.0. The number of hydrogen-bond acceptors (Lipinski definition) is 6. The highest BCUT2D eigenvalue weighted by molar-refractivity contribution is 5.84. The Morgan fingerprint density at radius 2 is 1.88 bits per heavy atom. The van der Waals surface area contributed by atoms with Crippen molar-refractivity contribution in [3.8, 4) is 11.3 Å². The van der Waals surface area contributed by atoms with Gasteiger partial charge in [-0.15, -0.1) is 10.2 Å². The second-order valence-electron chi connectivity index (χ2n) is 8.36. The van der Waals surface area contributed by atoms with Crippen molar-refractivity contribution < 1.29 is 14.3 Å². The number of benzene rings is 1. The number of anilines is 1. The first-order valence-electron chi connectivity index (χ1n) is 11.7. The van der Waals surface area contributed by atoms with Crippen LogP contribution in [-0.2, 0) is 9.53 Å². The van der Waals surface area contributed by atoms with Gasteiger partial charge in [-0.25, -0.2) is 4.79 Å². The number of rotatable bonds is 7. The molecule has 9 nitrogen and oxygen atoms in total. The summed E-state index contributed by atoms with van der Waals surface area (Å²) in [6.45, 7) is 6.16. The van der Waals surface area contributed by atoms with Gasteiger partial charge in [-0.05, 0) is 31.9 Å². The van der Waals surface area contributed by atoms with Crippen molar-refractivity contribution in [3.05, 3.63) is 42.5 Å². The summed E-state index contributed by atoms with van der Waals surface area (Å²) < 4.78 is 5.67. The summed E-state index contributed by atoms with van der Waals surface area (Å²) >= 11 is 0. The SMILES string of the molecule is CCNC(=O)N(CC(=O)N1CCN(c2ccc(-c3ccccc3)nn2)CC1)CC1CCCO1. The molecule has 2 aromatic rings. The van der Waals surface area contributed by atoms with Gasteiger partial charge < -0.3 is 24.8 Å². The molecule has 2 fully saturated rings. The summed E-state index contributed by atoms with van der Waals surface area (Å²) in [6.07, 6.45) is 1.93. The third-order valence-corrected chi connectivity index (χ3v) is 6.07. The molecule has 1 aromatic heterocycles. The van der Waals surface area contributed by atoms with Crippen LogP contribution in [0.5, 0.6) is 0 Å². The molecule has 1 unspecified atom stereocenters. The van der Waals surface area contributed by atoms with Crippen LogP contribution in [0.1, 0.15) is 19.8 Å². The van der Waals surface area contributed by atoms with E-state index >= 15 is 0 Å². The van der Waals surface area contributed by atoms with E-state index in [1.165, 1.54) is 0 Å². The van der Waals surface area contributed by atoms with E-state index in [-0.39, 0.29) is 24.6 Å². The molecule has 33 heavy (non-hydrogen) atoms. The molecule has 3 heterocycles. The lowest BCUT2D eigenvalue weighted by molar-refractivity contribution is -0.132. The van der Waals surface area contributed by atoms with Crippen LogP contribution in [0.2, 0.25) is 0 Å². The Morgan fingerprint density at radius 1 is 1.09 bits per heavy atom. The van der Waals surface area contributed by atoms with Gasteiger partial charge in [-0.3, -0.25) is 4.79 Å². The minimum atomic E-state index is -0.214. The summed E-state index contributed by atoms with van der Waals surface area (Å²) in [5.74, 6) is 0.772. The van der Waals surface area contributed by atoms with Crippen LogP contribution in [0.25, 0.3) is 11.3 Å². The molecule has 2 aliphatic heterocycles. The predicted octanol–water partition coefficient (Wildman–Crippen LogP) is 2.00. The number of hydrogen-bond donors (Lipinski definition) is 1. The average molecular weight is 453 g/mol. The normalized spacial score (nSPS) is 18.3. The third kappa shape index (κ3) is 5.98. The van der Waals surface area contributed by atoms with E-state index in [1.54, 1.807) is 4.90 Å². The maximum Gasteiger partial charge on any atom is 0.317 e. The molecule has 1 N–H and O–H groups in total. The number of nitrogens with one attached hydrogen (secondary N) is 1. The number of aromatic nitrogens is 2. The lowest BCUT2D eigenvalue weighted by atomic mass is 10.1. The number of carbonyl (C=O) groups excluding carboxylic acids is 2.